The van der Waals surface area contributed by atoms with Crippen LogP contribution >= 0.6 is 0 Å². The van der Waals surface area contributed by atoms with Gasteiger partial charge in [-0.15, -0.1) is 5.06 Å². The summed E-state index contributed by atoms with van der Waals surface area (Å²) < 4.78 is 27.4. The van der Waals surface area contributed by atoms with Crippen LogP contribution in [-0.2, 0) is 4.84 Å². The number of hydrogen-bond donors (Lipinski definition) is 2. The van der Waals surface area contributed by atoms with Crippen LogP contribution in [0, 0.1) is 23.0 Å². The third kappa shape index (κ3) is 5.23. The van der Waals surface area contributed by atoms with Crippen LogP contribution < -0.4 is 10.6 Å². The summed E-state index contributed by atoms with van der Waals surface area (Å²) >= 11 is 0. The third-order valence-corrected chi connectivity index (χ3v) is 6.45. The van der Waals surface area contributed by atoms with E-state index in [1.54, 1.807) is 12.1 Å². The Morgan fingerprint density at radius 3 is 2.27 bits per heavy atom. The summed E-state index contributed by atoms with van der Waals surface area (Å²) in [6, 6.07) is 9.67. The zero-order valence-electron chi connectivity index (χ0n) is 19.0. The van der Waals surface area contributed by atoms with Crippen LogP contribution in [0.3, 0.4) is 0 Å². The van der Waals surface area contributed by atoms with E-state index < -0.39 is 29.1 Å². The molecule has 0 aromatic heterocycles. The first kappa shape index (κ1) is 23.3. The van der Waals surface area contributed by atoms with Crippen molar-refractivity contribution in [1.82, 2.24) is 10.4 Å². The fourth-order valence-corrected chi connectivity index (χ4v) is 4.75. The number of benzene rings is 2. The standard InChI is InChI=1S/C25H29F2N3O3/c1-25(2,3)17-7-4-5-10-20(17)30-23(33-30)15-11-13-16(14-12-15)28-24(32)29-22(31)21-18(26)8-6-9-19(21)27/h6,8-9,11-14,17,20,23H,4-5,7,10H2,1-3H3,(H2,28,29,31,32). The molecule has 8 heteroatoms. The molecular weight excluding hydrogens is 428 g/mol. The van der Waals surface area contributed by atoms with Gasteiger partial charge in [0.05, 0.1) is 0 Å². The highest BCUT2D eigenvalue weighted by Gasteiger charge is 2.49. The molecule has 1 heterocycles. The second-order valence-corrected chi connectivity index (χ2v) is 9.77. The van der Waals surface area contributed by atoms with Crippen LogP contribution in [0.5, 0.6) is 0 Å². The zero-order valence-corrected chi connectivity index (χ0v) is 19.0. The molecule has 6 nitrogen and oxygen atoms in total. The Hall–Kier alpha value is -2.84. The number of nitrogens with one attached hydrogen (secondary N) is 2. The molecule has 2 N–H and O–H groups in total. The number of hydroxylamine groups is 2. The maximum Gasteiger partial charge on any atom is 0.326 e. The van der Waals surface area contributed by atoms with Crippen LogP contribution in [0.1, 0.15) is 68.6 Å². The highest BCUT2D eigenvalue weighted by molar-refractivity contribution is 6.08. The van der Waals surface area contributed by atoms with Gasteiger partial charge in [0.25, 0.3) is 5.91 Å². The van der Waals surface area contributed by atoms with Gasteiger partial charge in [-0.3, -0.25) is 14.9 Å². The largest absolute Gasteiger partial charge is 0.326 e. The lowest BCUT2D eigenvalue weighted by atomic mass is 9.69. The molecule has 1 aliphatic carbocycles. The number of hydrogen-bond acceptors (Lipinski definition) is 4. The predicted molar refractivity (Wildman–Crippen MR) is 120 cm³/mol. The van der Waals surface area contributed by atoms with Gasteiger partial charge < -0.3 is 5.32 Å². The highest BCUT2D eigenvalue weighted by Crippen LogP contribution is 2.49. The van der Waals surface area contributed by atoms with E-state index in [0.717, 1.165) is 30.2 Å². The van der Waals surface area contributed by atoms with Gasteiger partial charge in [0.15, 0.2) is 6.23 Å². The van der Waals surface area contributed by atoms with E-state index in [1.807, 2.05) is 17.4 Å². The molecule has 176 valence electrons. The van der Waals surface area contributed by atoms with E-state index in [0.29, 0.717) is 17.6 Å². The lowest BCUT2D eigenvalue weighted by molar-refractivity contribution is 0.0287. The van der Waals surface area contributed by atoms with Gasteiger partial charge in [-0.1, -0.05) is 51.8 Å². The van der Waals surface area contributed by atoms with Gasteiger partial charge in [0.2, 0.25) is 0 Å². The third-order valence-electron chi connectivity index (χ3n) is 6.45. The molecule has 0 spiro atoms. The molecule has 1 aliphatic heterocycles. The summed E-state index contributed by atoms with van der Waals surface area (Å²) in [5.74, 6) is -2.66. The Morgan fingerprint density at radius 2 is 1.64 bits per heavy atom. The van der Waals surface area contributed by atoms with Crippen molar-refractivity contribution < 1.29 is 23.2 Å². The minimum absolute atomic E-state index is 0.105. The number of urea groups is 1. The number of halogens is 2. The van der Waals surface area contributed by atoms with Crippen molar-refractivity contribution in [2.24, 2.45) is 11.3 Å². The quantitative estimate of drug-likeness (QED) is 0.571. The predicted octanol–water partition coefficient (Wildman–Crippen LogP) is 5.78. The average Bonchev–Trinajstić information content (AvgIpc) is 3.54. The molecule has 2 aromatic rings. The summed E-state index contributed by atoms with van der Waals surface area (Å²) in [5.41, 5.74) is 0.829. The molecular formula is C25H29F2N3O3. The SMILES string of the molecule is CC(C)(C)C1CCCCC1N1OC1c1ccc(NC(=O)NC(=O)c2c(F)cccc2F)cc1. The molecule has 33 heavy (non-hydrogen) atoms. The number of amides is 3. The molecule has 4 atom stereocenters. The number of imide groups is 1. The Morgan fingerprint density at radius 1 is 1.00 bits per heavy atom. The zero-order chi connectivity index (χ0) is 23.8. The molecule has 1 saturated heterocycles. The van der Waals surface area contributed by atoms with Crippen LogP contribution in [-0.4, -0.2) is 23.0 Å². The number of carbonyl (C=O) groups is 2. The molecule has 0 radical (unpaired) electrons. The van der Waals surface area contributed by atoms with Crippen molar-refractivity contribution in [1.29, 1.82) is 0 Å². The molecule has 2 fully saturated rings. The second-order valence-electron chi connectivity index (χ2n) is 9.77. The first-order chi connectivity index (χ1) is 15.6. The summed E-state index contributed by atoms with van der Waals surface area (Å²) in [7, 11) is 0. The first-order valence-electron chi connectivity index (χ1n) is 11.3. The average molecular weight is 458 g/mol. The van der Waals surface area contributed by atoms with E-state index in [4.69, 9.17) is 4.84 Å². The van der Waals surface area contributed by atoms with E-state index in [1.165, 1.54) is 19.3 Å². The molecule has 1 saturated carbocycles. The Kier molecular flexibility index (Phi) is 6.50. The van der Waals surface area contributed by atoms with Crippen molar-refractivity contribution in [2.45, 2.75) is 58.7 Å². The normalized spacial score (nSPS) is 24.8. The van der Waals surface area contributed by atoms with Gasteiger partial charge in [0, 0.05) is 11.7 Å². The lowest BCUT2D eigenvalue weighted by Gasteiger charge is -2.40. The number of anilines is 1. The van der Waals surface area contributed by atoms with Gasteiger partial charge in [0.1, 0.15) is 17.2 Å². The molecule has 2 aliphatic rings. The van der Waals surface area contributed by atoms with E-state index in [9.17, 15) is 18.4 Å². The molecule has 4 unspecified atom stereocenters. The minimum atomic E-state index is -1.15. The van der Waals surface area contributed by atoms with Crippen LogP contribution in [0.25, 0.3) is 0 Å². The van der Waals surface area contributed by atoms with Crippen molar-refractivity contribution in [3.8, 4) is 0 Å². The highest BCUT2D eigenvalue weighted by atomic mass is 19.1. The van der Waals surface area contributed by atoms with E-state index >= 15 is 0 Å². The van der Waals surface area contributed by atoms with Crippen molar-refractivity contribution in [2.75, 3.05) is 5.32 Å². The monoisotopic (exact) mass is 457 g/mol. The van der Waals surface area contributed by atoms with Gasteiger partial charge in [-0.05, 0) is 54.0 Å². The fourth-order valence-electron chi connectivity index (χ4n) is 4.75. The number of rotatable bonds is 4. The molecule has 3 amide bonds. The van der Waals surface area contributed by atoms with Crippen LogP contribution in [0.4, 0.5) is 19.3 Å². The summed E-state index contributed by atoms with van der Waals surface area (Å²) in [4.78, 5) is 30.1. The maximum absolute atomic E-state index is 13.7. The van der Waals surface area contributed by atoms with Crippen LogP contribution in [0.15, 0.2) is 42.5 Å². The summed E-state index contributed by atoms with van der Waals surface area (Å²) in [6.07, 6.45) is 4.68. The maximum atomic E-state index is 13.7. The first-order valence-corrected chi connectivity index (χ1v) is 11.3. The Balaban J connectivity index is 1.34. The van der Waals surface area contributed by atoms with Gasteiger partial charge in [-0.25, -0.2) is 13.6 Å². The summed E-state index contributed by atoms with van der Waals surface area (Å²) in [6.45, 7) is 6.85. The van der Waals surface area contributed by atoms with Gasteiger partial charge in [-0.2, -0.15) is 0 Å². The molecule has 4 rings (SSSR count). The van der Waals surface area contributed by atoms with E-state index in [2.05, 4.69) is 31.2 Å². The lowest BCUT2D eigenvalue weighted by Crippen LogP contribution is -2.39. The number of carbonyl (C=O) groups excluding carboxylic acids is 2. The van der Waals surface area contributed by atoms with Gasteiger partial charge >= 0.3 is 6.03 Å². The minimum Gasteiger partial charge on any atom is -0.308 e. The van der Waals surface area contributed by atoms with Crippen molar-refractivity contribution in [3.63, 3.8) is 0 Å². The smallest absolute Gasteiger partial charge is 0.308 e. The Bertz CT molecular complexity index is 1020. The topological polar surface area (TPSA) is 73.7 Å². The molecule has 2 aromatic carbocycles. The van der Waals surface area contributed by atoms with Crippen molar-refractivity contribution in [3.05, 3.63) is 65.2 Å². The Labute approximate surface area is 192 Å². The molecule has 0 bridgehead atoms. The summed E-state index contributed by atoms with van der Waals surface area (Å²) in [5, 5.41) is 6.53. The van der Waals surface area contributed by atoms with Crippen molar-refractivity contribution >= 4 is 17.6 Å². The second kappa shape index (κ2) is 9.19. The van der Waals surface area contributed by atoms with E-state index in [-0.39, 0.29) is 11.6 Å². The number of nitrogens with zero attached hydrogens (tertiary/aromatic N) is 1. The van der Waals surface area contributed by atoms with Crippen LogP contribution in [0.2, 0.25) is 0 Å². The fraction of sp³-hybridized carbons (Fsp3) is 0.440.